The third kappa shape index (κ3) is 3.07. The molecular weight excluding hydrogens is 348 g/mol. The molecule has 4 unspecified atom stereocenters. The Bertz CT molecular complexity index is 753. The first-order chi connectivity index (χ1) is 12.5. The van der Waals surface area contributed by atoms with Gasteiger partial charge < -0.3 is 5.32 Å². The predicted molar refractivity (Wildman–Crippen MR) is 101 cm³/mol. The molecule has 3 fully saturated rings. The van der Waals surface area contributed by atoms with Gasteiger partial charge in [0.25, 0.3) is 0 Å². The molecule has 142 valence electrons. The smallest absolute Gasteiger partial charge is 0.243 e. The third-order valence-corrected chi connectivity index (χ3v) is 8.48. The molecule has 1 aliphatic heterocycles. The average Bonchev–Trinajstić information content (AvgIpc) is 2.97. The van der Waals surface area contributed by atoms with E-state index < -0.39 is 10.0 Å². The van der Waals surface area contributed by atoms with Crippen LogP contribution in [0.15, 0.2) is 29.2 Å². The van der Waals surface area contributed by atoms with E-state index in [9.17, 15) is 13.2 Å². The molecule has 0 bridgehead atoms. The molecule has 1 aromatic rings. The van der Waals surface area contributed by atoms with Gasteiger partial charge in [0.2, 0.25) is 15.9 Å². The van der Waals surface area contributed by atoms with Crippen molar-refractivity contribution < 1.29 is 13.2 Å². The van der Waals surface area contributed by atoms with E-state index in [1.54, 1.807) is 24.3 Å². The zero-order chi connectivity index (χ0) is 18.3. The number of carbonyl (C=O) groups excluding carboxylic acids is 1. The molecule has 1 aromatic carbocycles. The summed E-state index contributed by atoms with van der Waals surface area (Å²) < 4.78 is 28.9. The summed E-state index contributed by atoms with van der Waals surface area (Å²) in [6.07, 6.45) is 9.11. The highest BCUT2D eigenvalue weighted by Crippen LogP contribution is 2.51. The van der Waals surface area contributed by atoms with Crippen molar-refractivity contribution in [1.29, 1.82) is 0 Å². The second-order valence-electron chi connectivity index (χ2n) is 8.07. The van der Waals surface area contributed by atoms with Gasteiger partial charge >= 0.3 is 0 Å². The molecular formula is C20H28N2O3S. The van der Waals surface area contributed by atoms with E-state index in [1.807, 2.05) is 4.31 Å². The number of fused-ring (bicyclic) bond motifs is 3. The quantitative estimate of drug-likeness (QED) is 0.873. The number of sulfonamides is 1. The second-order valence-corrected chi connectivity index (χ2v) is 9.92. The Morgan fingerprint density at radius 3 is 1.92 bits per heavy atom. The first-order valence-electron chi connectivity index (χ1n) is 9.89. The zero-order valence-corrected chi connectivity index (χ0v) is 16.2. The number of hydrogen-bond acceptors (Lipinski definition) is 3. The van der Waals surface area contributed by atoms with Crippen LogP contribution in [0.3, 0.4) is 0 Å². The monoisotopic (exact) mass is 376 g/mol. The molecule has 4 atom stereocenters. The van der Waals surface area contributed by atoms with Gasteiger partial charge in [-0.15, -0.1) is 0 Å². The van der Waals surface area contributed by atoms with E-state index in [2.05, 4.69) is 5.32 Å². The lowest BCUT2D eigenvalue weighted by Crippen LogP contribution is -2.44. The minimum Gasteiger partial charge on any atom is -0.326 e. The first kappa shape index (κ1) is 18.0. The number of hydrogen-bond donors (Lipinski definition) is 1. The Morgan fingerprint density at radius 2 is 1.42 bits per heavy atom. The maximum absolute atomic E-state index is 13.5. The first-order valence-corrected chi connectivity index (χ1v) is 11.3. The molecule has 1 N–H and O–H groups in total. The summed E-state index contributed by atoms with van der Waals surface area (Å²) in [5.41, 5.74) is 0.629. The maximum atomic E-state index is 13.5. The van der Waals surface area contributed by atoms with Gasteiger partial charge in [-0.3, -0.25) is 4.79 Å². The summed E-state index contributed by atoms with van der Waals surface area (Å²) in [5.74, 6) is 0.931. The van der Waals surface area contributed by atoms with Crippen LogP contribution in [0, 0.1) is 11.8 Å². The van der Waals surface area contributed by atoms with E-state index in [0.717, 1.165) is 25.7 Å². The van der Waals surface area contributed by atoms with E-state index >= 15 is 0 Å². The lowest BCUT2D eigenvalue weighted by Gasteiger charge is -2.33. The Balaban J connectivity index is 1.66. The lowest BCUT2D eigenvalue weighted by molar-refractivity contribution is -0.114. The van der Waals surface area contributed by atoms with Gasteiger partial charge in [0.15, 0.2) is 0 Å². The van der Waals surface area contributed by atoms with Crippen LogP contribution in [0.5, 0.6) is 0 Å². The van der Waals surface area contributed by atoms with Crippen LogP contribution < -0.4 is 5.32 Å². The number of anilines is 1. The Labute approximate surface area is 156 Å². The van der Waals surface area contributed by atoms with Crippen molar-refractivity contribution in [3.63, 3.8) is 0 Å². The maximum Gasteiger partial charge on any atom is 0.243 e. The fourth-order valence-electron chi connectivity index (χ4n) is 5.55. The molecule has 0 aromatic heterocycles. The fourth-order valence-corrected chi connectivity index (χ4v) is 7.51. The summed E-state index contributed by atoms with van der Waals surface area (Å²) >= 11 is 0. The fraction of sp³-hybridized carbons (Fsp3) is 0.650. The van der Waals surface area contributed by atoms with Crippen molar-refractivity contribution in [3.05, 3.63) is 24.3 Å². The minimum absolute atomic E-state index is 0.157. The van der Waals surface area contributed by atoms with Crippen LogP contribution in [-0.2, 0) is 14.8 Å². The lowest BCUT2D eigenvalue weighted by atomic mass is 9.73. The van der Waals surface area contributed by atoms with E-state index in [1.165, 1.54) is 32.6 Å². The average molecular weight is 377 g/mol. The van der Waals surface area contributed by atoms with Crippen LogP contribution in [-0.4, -0.2) is 30.7 Å². The number of amides is 1. The molecule has 1 saturated heterocycles. The molecule has 2 saturated carbocycles. The van der Waals surface area contributed by atoms with Gasteiger partial charge in [-0.25, -0.2) is 8.42 Å². The molecule has 0 radical (unpaired) electrons. The van der Waals surface area contributed by atoms with Crippen molar-refractivity contribution in [2.24, 2.45) is 11.8 Å². The highest BCUT2D eigenvalue weighted by atomic mass is 32.2. The van der Waals surface area contributed by atoms with Gasteiger partial charge in [-0.2, -0.15) is 4.31 Å². The molecule has 4 rings (SSSR count). The number of nitrogens with one attached hydrogen (secondary N) is 1. The highest BCUT2D eigenvalue weighted by Gasteiger charge is 2.54. The summed E-state index contributed by atoms with van der Waals surface area (Å²) in [7, 11) is -3.50. The Hall–Kier alpha value is -1.40. The van der Waals surface area contributed by atoms with Crippen molar-refractivity contribution in [2.45, 2.75) is 75.3 Å². The molecule has 2 aliphatic carbocycles. The van der Waals surface area contributed by atoms with Crippen LogP contribution in [0.25, 0.3) is 0 Å². The largest absolute Gasteiger partial charge is 0.326 e. The normalized spacial score (nSPS) is 31.9. The molecule has 6 heteroatoms. The Morgan fingerprint density at radius 1 is 0.923 bits per heavy atom. The molecule has 5 nitrogen and oxygen atoms in total. The molecule has 0 spiro atoms. The van der Waals surface area contributed by atoms with Crippen molar-refractivity contribution in [1.82, 2.24) is 4.31 Å². The molecule has 1 heterocycles. The van der Waals surface area contributed by atoms with Crippen molar-refractivity contribution in [2.75, 3.05) is 5.32 Å². The van der Waals surface area contributed by atoms with Gasteiger partial charge in [0.05, 0.1) is 4.90 Å². The van der Waals surface area contributed by atoms with Crippen LogP contribution in [0.2, 0.25) is 0 Å². The number of rotatable bonds is 3. The van der Waals surface area contributed by atoms with Gasteiger partial charge in [0, 0.05) is 24.7 Å². The highest BCUT2D eigenvalue weighted by molar-refractivity contribution is 7.89. The van der Waals surface area contributed by atoms with Gasteiger partial charge in [-0.05, 0) is 61.8 Å². The van der Waals surface area contributed by atoms with Crippen LogP contribution >= 0.6 is 0 Å². The molecule has 3 aliphatic rings. The summed E-state index contributed by atoms with van der Waals surface area (Å²) in [4.78, 5) is 11.5. The predicted octanol–water partition coefficient (Wildman–Crippen LogP) is 3.77. The number of nitrogens with zero attached hydrogens (tertiary/aromatic N) is 1. The topological polar surface area (TPSA) is 66.5 Å². The summed E-state index contributed by atoms with van der Waals surface area (Å²) in [6, 6.07) is 6.99. The van der Waals surface area contributed by atoms with Crippen LogP contribution in [0.4, 0.5) is 5.69 Å². The van der Waals surface area contributed by atoms with E-state index in [-0.39, 0.29) is 18.0 Å². The Kier molecular flexibility index (Phi) is 4.82. The second kappa shape index (κ2) is 6.97. The number of benzene rings is 1. The third-order valence-electron chi connectivity index (χ3n) is 6.52. The van der Waals surface area contributed by atoms with Crippen molar-refractivity contribution >= 4 is 21.6 Å². The van der Waals surface area contributed by atoms with E-state index in [4.69, 9.17) is 0 Å². The summed E-state index contributed by atoms with van der Waals surface area (Å²) in [6.45, 7) is 1.45. The summed E-state index contributed by atoms with van der Waals surface area (Å²) in [5, 5.41) is 2.70. The van der Waals surface area contributed by atoms with E-state index in [0.29, 0.717) is 22.4 Å². The minimum atomic E-state index is -3.50. The standard InChI is InChI=1S/C20H28N2O3S/c1-14(23)21-15-10-12-16(13-11-15)26(24,25)22-19-8-4-2-6-17(19)18-7-3-5-9-20(18)22/h10-13,17-20H,2-9H2,1H3,(H,21,23). The number of carbonyl (C=O) groups is 1. The van der Waals surface area contributed by atoms with Crippen molar-refractivity contribution in [3.8, 4) is 0 Å². The zero-order valence-electron chi connectivity index (χ0n) is 15.4. The molecule has 1 amide bonds. The molecule has 26 heavy (non-hydrogen) atoms. The SMILES string of the molecule is CC(=O)Nc1ccc(S(=O)(=O)N2C3CCCCC3C3CCCCC32)cc1. The van der Waals surface area contributed by atoms with Gasteiger partial charge in [-0.1, -0.05) is 25.7 Å². The van der Waals surface area contributed by atoms with Gasteiger partial charge in [0.1, 0.15) is 0 Å². The van der Waals surface area contributed by atoms with Crippen LogP contribution in [0.1, 0.15) is 58.3 Å².